The van der Waals surface area contributed by atoms with Crippen LogP contribution in [0.2, 0.25) is 0 Å². The van der Waals surface area contributed by atoms with Crippen LogP contribution in [0.3, 0.4) is 0 Å². The molecular formula is C16H27NO. The van der Waals surface area contributed by atoms with E-state index in [-0.39, 0.29) is 0 Å². The Hall–Kier alpha value is -1.02. The Kier molecular flexibility index (Phi) is 6.81. The first-order valence-electron chi connectivity index (χ1n) is 7.16. The molecule has 1 rings (SSSR count). The minimum Gasteiger partial charge on any atom is -0.493 e. The van der Waals surface area contributed by atoms with E-state index in [9.17, 15) is 0 Å². The largest absolute Gasteiger partial charge is 0.493 e. The monoisotopic (exact) mass is 249 g/mol. The predicted octanol–water partition coefficient (Wildman–Crippen LogP) is 4.31. The van der Waals surface area contributed by atoms with Crippen molar-refractivity contribution in [3.05, 3.63) is 29.8 Å². The van der Waals surface area contributed by atoms with E-state index in [1.165, 1.54) is 12.0 Å². The maximum absolute atomic E-state index is 5.87. The van der Waals surface area contributed by atoms with Crippen molar-refractivity contribution < 1.29 is 4.74 Å². The van der Waals surface area contributed by atoms with Crippen molar-refractivity contribution in [3.63, 3.8) is 0 Å². The summed E-state index contributed by atoms with van der Waals surface area (Å²) in [6.45, 7) is 9.62. The van der Waals surface area contributed by atoms with Crippen LogP contribution in [0.15, 0.2) is 24.3 Å². The van der Waals surface area contributed by atoms with Gasteiger partial charge in [-0.25, -0.2) is 0 Å². The average molecular weight is 249 g/mol. The van der Waals surface area contributed by atoms with Gasteiger partial charge in [0.15, 0.2) is 0 Å². The van der Waals surface area contributed by atoms with Crippen LogP contribution in [0.4, 0.5) is 0 Å². The Morgan fingerprint density at radius 2 is 1.89 bits per heavy atom. The van der Waals surface area contributed by atoms with Gasteiger partial charge in [0.2, 0.25) is 0 Å². The van der Waals surface area contributed by atoms with Gasteiger partial charge in [-0.15, -0.1) is 0 Å². The number of hydrogen-bond donors (Lipinski definition) is 1. The zero-order valence-electron chi connectivity index (χ0n) is 12.2. The van der Waals surface area contributed by atoms with Gasteiger partial charge in [0.1, 0.15) is 5.75 Å². The van der Waals surface area contributed by atoms with Crippen LogP contribution >= 0.6 is 0 Å². The third kappa shape index (κ3) is 4.69. The molecule has 2 atom stereocenters. The average Bonchev–Trinajstić information content (AvgIpc) is 2.39. The van der Waals surface area contributed by atoms with Crippen LogP contribution in [0, 0.1) is 0 Å². The third-order valence-corrected chi connectivity index (χ3v) is 3.29. The molecule has 102 valence electrons. The topological polar surface area (TPSA) is 21.3 Å². The highest BCUT2D eigenvalue weighted by Gasteiger charge is 2.12. The highest BCUT2D eigenvalue weighted by Crippen LogP contribution is 2.25. The van der Waals surface area contributed by atoms with Gasteiger partial charge in [0, 0.05) is 17.6 Å². The lowest BCUT2D eigenvalue weighted by molar-refractivity contribution is 0.302. The van der Waals surface area contributed by atoms with E-state index in [4.69, 9.17) is 4.74 Å². The molecule has 1 N–H and O–H groups in total. The number of rotatable bonds is 8. The first-order valence-corrected chi connectivity index (χ1v) is 7.16. The number of nitrogens with one attached hydrogen (secondary N) is 1. The lowest BCUT2D eigenvalue weighted by Gasteiger charge is -2.21. The maximum atomic E-state index is 5.87. The van der Waals surface area contributed by atoms with E-state index < -0.39 is 0 Å². The lowest BCUT2D eigenvalue weighted by Crippen LogP contribution is -2.28. The van der Waals surface area contributed by atoms with Crippen molar-refractivity contribution in [3.8, 4) is 5.75 Å². The molecule has 2 heteroatoms. The second-order valence-electron chi connectivity index (χ2n) is 4.94. The molecule has 0 saturated heterocycles. The number of hydrogen-bond acceptors (Lipinski definition) is 2. The summed E-state index contributed by atoms with van der Waals surface area (Å²) in [6.07, 6.45) is 3.42. The highest BCUT2D eigenvalue weighted by atomic mass is 16.5. The summed E-state index contributed by atoms with van der Waals surface area (Å²) in [5, 5.41) is 3.60. The summed E-state index contributed by atoms with van der Waals surface area (Å²) in [5.74, 6) is 1.02. The zero-order valence-corrected chi connectivity index (χ0v) is 12.2. The van der Waals surface area contributed by atoms with E-state index in [2.05, 4.69) is 51.2 Å². The molecule has 0 amide bonds. The van der Waals surface area contributed by atoms with E-state index in [1.807, 2.05) is 6.07 Å². The minimum atomic E-state index is 0.331. The molecule has 0 radical (unpaired) electrons. The highest BCUT2D eigenvalue weighted by molar-refractivity contribution is 5.35. The van der Waals surface area contributed by atoms with Crippen molar-refractivity contribution in [2.24, 2.45) is 0 Å². The van der Waals surface area contributed by atoms with Crippen molar-refractivity contribution in [2.45, 2.75) is 59.0 Å². The lowest BCUT2D eigenvalue weighted by atomic mass is 10.1. The van der Waals surface area contributed by atoms with Crippen LogP contribution < -0.4 is 10.1 Å². The Labute approximate surface area is 112 Å². The molecule has 2 nitrogen and oxygen atoms in total. The van der Waals surface area contributed by atoms with E-state index in [0.29, 0.717) is 12.1 Å². The van der Waals surface area contributed by atoms with Crippen LogP contribution in [0.1, 0.15) is 58.6 Å². The molecule has 0 spiro atoms. The fraction of sp³-hybridized carbons (Fsp3) is 0.625. The van der Waals surface area contributed by atoms with Crippen LogP contribution in [-0.2, 0) is 0 Å². The Morgan fingerprint density at radius 1 is 1.17 bits per heavy atom. The molecule has 1 aromatic rings. The minimum absolute atomic E-state index is 0.331. The molecule has 0 unspecified atom stereocenters. The summed E-state index contributed by atoms with van der Waals surface area (Å²) in [6, 6.07) is 9.21. The Balaban J connectivity index is 2.68. The van der Waals surface area contributed by atoms with E-state index in [0.717, 1.165) is 25.2 Å². The fourth-order valence-electron chi connectivity index (χ4n) is 1.93. The number of para-hydroxylation sites is 1. The summed E-state index contributed by atoms with van der Waals surface area (Å²) in [5.41, 5.74) is 1.26. The number of benzene rings is 1. The first-order chi connectivity index (χ1) is 8.69. The van der Waals surface area contributed by atoms with Gasteiger partial charge in [0.05, 0.1) is 6.61 Å². The van der Waals surface area contributed by atoms with Gasteiger partial charge >= 0.3 is 0 Å². The van der Waals surface area contributed by atoms with Crippen molar-refractivity contribution in [2.75, 3.05) is 6.61 Å². The van der Waals surface area contributed by atoms with Gasteiger partial charge in [-0.05, 0) is 32.8 Å². The first kappa shape index (κ1) is 15.0. The smallest absolute Gasteiger partial charge is 0.124 e. The van der Waals surface area contributed by atoms with Gasteiger partial charge in [-0.1, -0.05) is 38.5 Å². The van der Waals surface area contributed by atoms with Gasteiger partial charge in [0.25, 0.3) is 0 Å². The molecule has 0 saturated carbocycles. The third-order valence-electron chi connectivity index (χ3n) is 3.29. The van der Waals surface area contributed by atoms with Crippen molar-refractivity contribution in [1.29, 1.82) is 0 Å². The Bertz CT molecular complexity index is 338. The molecule has 0 aliphatic heterocycles. The quantitative estimate of drug-likeness (QED) is 0.693. The fourth-order valence-corrected chi connectivity index (χ4v) is 1.93. The van der Waals surface area contributed by atoms with Crippen molar-refractivity contribution >= 4 is 0 Å². The summed E-state index contributed by atoms with van der Waals surface area (Å²) in [7, 11) is 0. The summed E-state index contributed by atoms with van der Waals surface area (Å²) >= 11 is 0. The zero-order chi connectivity index (χ0) is 13.4. The molecule has 0 bridgehead atoms. The van der Waals surface area contributed by atoms with Crippen LogP contribution in [0.5, 0.6) is 5.75 Å². The summed E-state index contributed by atoms with van der Waals surface area (Å²) in [4.78, 5) is 0. The standard InChI is InChI=1S/C16H27NO/c1-5-7-12-18-16-11-9-8-10-15(16)14(4)17-13(3)6-2/h8-11,13-14,17H,5-7,12H2,1-4H3/t13-,14-/m1/s1. The number of unbranched alkanes of at least 4 members (excludes halogenated alkanes) is 1. The molecule has 0 aromatic heterocycles. The molecular weight excluding hydrogens is 222 g/mol. The molecule has 0 fully saturated rings. The van der Waals surface area contributed by atoms with E-state index >= 15 is 0 Å². The second-order valence-corrected chi connectivity index (χ2v) is 4.94. The van der Waals surface area contributed by atoms with Crippen LogP contribution in [0.25, 0.3) is 0 Å². The molecule has 18 heavy (non-hydrogen) atoms. The molecule has 0 aliphatic carbocycles. The molecule has 1 aromatic carbocycles. The normalized spacial score (nSPS) is 14.2. The SMILES string of the molecule is CCCCOc1ccccc1[C@@H](C)N[C@H](C)CC. The summed E-state index contributed by atoms with van der Waals surface area (Å²) < 4.78 is 5.87. The maximum Gasteiger partial charge on any atom is 0.124 e. The Morgan fingerprint density at radius 3 is 2.56 bits per heavy atom. The van der Waals surface area contributed by atoms with E-state index in [1.54, 1.807) is 0 Å². The van der Waals surface area contributed by atoms with Crippen molar-refractivity contribution in [1.82, 2.24) is 5.32 Å². The van der Waals surface area contributed by atoms with Crippen LogP contribution in [-0.4, -0.2) is 12.6 Å². The number of ether oxygens (including phenoxy) is 1. The van der Waals surface area contributed by atoms with Gasteiger partial charge < -0.3 is 10.1 Å². The molecule has 0 aliphatic rings. The molecule has 0 heterocycles. The van der Waals surface area contributed by atoms with Gasteiger partial charge in [-0.3, -0.25) is 0 Å². The van der Waals surface area contributed by atoms with Gasteiger partial charge in [-0.2, -0.15) is 0 Å². The second kappa shape index (κ2) is 8.15. The predicted molar refractivity (Wildman–Crippen MR) is 78.1 cm³/mol.